The Morgan fingerprint density at radius 2 is 1.95 bits per heavy atom. The molecule has 5 atom stereocenters. The first-order chi connectivity index (χ1) is 18.7. The average Bonchev–Trinajstić information content (AvgIpc) is 3.52. The number of aryl methyl sites for hydroxylation is 1. The number of carbonyl (C=O) groups is 1. The summed E-state index contributed by atoms with van der Waals surface area (Å²) in [6, 6.07) is 15.2. The van der Waals surface area contributed by atoms with Gasteiger partial charge < -0.3 is 19.5 Å². The molecule has 9 heteroatoms. The molecule has 2 N–H and O–H groups in total. The third-order valence-corrected chi connectivity index (χ3v) is 11.1. The van der Waals surface area contributed by atoms with Crippen LogP contribution in [0.4, 0.5) is 0 Å². The summed E-state index contributed by atoms with van der Waals surface area (Å²) in [6.07, 6.45) is 4.78. The van der Waals surface area contributed by atoms with E-state index < -0.39 is 8.32 Å². The number of aliphatic hydroxyl groups is 1. The van der Waals surface area contributed by atoms with Crippen molar-refractivity contribution in [3.63, 3.8) is 0 Å². The molecule has 1 aromatic heterocycles. The lowest BCUT2D eigenvalue weighted by Crippen LogP contribution is -2.43. The van der Waals surface area contributed by atoms with E-state index in [-0.39, 0.29) is 54.2 Å². The van der Waals surface area contributed by atoms with E-state index in [0.717, 1.165) is 42.3 Å². The van der Waals surface area contributed by atoms with Gasteiger partial charge in [0.15, 0.2) is 8.32 Å². The van der Waals surface area contributed by atoms with Crippen molar-refractivity contribution in [1.29, 1.82) is 0 Å². The second kappa shape index (κ2) is 11.3. The van der Waals surface area contributed by atoms with Crippen molar-refractivity contribution < 1.29 is 19.4 Å². The molecule has 2 saturated heterocycles. The number of aromatic nitrogens is 2. The quantitative estimate of drug-likeness (QED) is 0.416. The van der Waals surface area contributed by atoms with E-state index in [0.29, 0.717) is 11.9 Å². The summed E-state index contributed by atoms with van der Waals surface area (Å²) in [6.45, 7) is 6.65. The van der Waals surface area contributed by atoms with E-state index in [2.05, 4.69) is 12.0 Å². The summed E-state index contributed by atoms with van der Waals surface area (Å²) >= 11 is 0. The van der Waals surface area contributed by atoms with Crippen molar-refractivity contribution in [1.82, 2.24) is 14.7 Å². The number of rotatable bonds is 8. The van der Waals surface area contributed by atoms with Gasteiger partial charge in [-0.15, -0.1) is 0 Å². The van der Waals surface area contributed by atoms with Crippen LogP contribution in [0.2, 0.25) is 18.6 Å². The van der Waals surface area contributed by atoms with Gasteiger partial charge in [0.2, 0.25) is 5.91 Å². The highest BCUT2D eigenvalue weighted by molar-refractivity contribution is 6.71. The fourth-order valence-corrected chi connectivity index (χ4v) is 9.29. The largest absolute Gasteiger partial charge is 0.432 e. The topological polar surface area (TPSA) is 105 Å². The van der Waals surface area contributed by atoms with Crippen molar-refractivity contribution in [3.05, 3.63) is 70.6 Å². The van der Waals surface area contributed by atoms with Crippen molar-refractivity contribution >= 4 is 25.0 Å². The van der Waals surface area contributed by atoms with E-state index in [4.69, 9.17) is 4.74 Å². The van der Waals surface area contributed by atoms with Crippen LogP contribution in [0.3, 0.4) is 0 Å². The molecule has 2 aliphatic rings. The highest BCUT2D eigenvalue weighted by atomic mass is 28.4. The van der Waals surface area contributed by atoms with Gasteiger partial charge in [0, 0.05) is 17.5 Å². The molecule has 39 heavy (non-hydrogen) atoms. The molecular weight excluding hydrogens is 510 g/mol. The van der Waals surface area contributed by atoms with Crippen molar-refractivity contribution in [2.75, 3.05) is 13.2 Å². The van der Waals surface area contributed by atoms with Crippen molar-refractivity contribution in [3.8, 4) is 5.69 Å². The van der Waals surface area contributed by atoms with Gasteiger partial charge in [-0.2, -0.15) is 9.78 Å². The minimum absolute atomic E-state index is 0.00804. The number of hydrogen-bond acceptors (Lipinski definition) is 6. The highest BCUT2D eigenvalue weighted by Gasteiger charge is 2.50. The van der Waals surface area contributed by atoms with E-state index in [1.807, 2.05) is 61.6 Å². The monoisotopic (exact) mass is 549 g/mol. The first kappa shape index (κ1) is 27.7. The molecule has 0 unspecified atom stereocenters. The molecule has 2 aromatic carbocycles. The lowest BCUT2D eigenvalue weighted by atomic mass is 9.95. The molecule has 0 aliphatic carbocycles. The minimum atomic E-state index is -2.61. The van der Waals surface area contributed by atoms with Gasteiger partial charge in [-0.1, -0.05) is 37.3 Å². The van der Waals surface area contributed by atoms with Crippen LogP contribution in [-0.4, -0.2) is 70.2 Å². The second-order valence-corrected chi connectivity index (χ2v) is 15.7. The predicted molar refractivity (Wildman–Crippen MR) is 153 cm³/mol. The van der Waals surface area contributed by atoms with Gasteiger partial charge in [0.25, 0.3) is 5.56 Å². The molecule has 5 rings (SSSR count). The molecule has 0 saturated carbocycles. The summed E-state index contributed by atoms with van der Waals surface area (Å²) in [5.41, 5.74) is 1.60. The number of nitrogens with zero attached hydrogens (tertiary/aromatic N) is 3. The molecule has 0 bridgehead atoms. The van der Waals surface area contributed by atoms with E-state index in [1.165, 1.54) is 4.68 Å². The fraction of sp³-hybridized carbons (Fsp3) is 0.500. The Morgan fingerprint density at radius 1 is 1.15 bits per heavy atom. The Hall–Kier alpha value is -2.85. The second-order valence-electron chi connectivity index (χ2n) is 11.7. The molecule has 2 fully saturated rings. The number of likely N-dealkylation sites (tertiary alicyclic amines) is 1. The van der Waals surface area contributed by atoms with Crippen LogP contribution in [-0.2, 0) is 16.0 Å². The van der Waals surface area contributed by atoms with Crippen LogP contribution in [0.25, 0.3) is 16.5 Å². The molecule has 0 radical (unpaired) electrons. The summed E-state index contributed by atoms with van der Waals surface area (Å²) in [5, 5.41) is 15.5. The molecule has 3 aromatic rings. The number of ether oxygens (including phenoxy) is 1. The maximum absolute atomic E-state index is 13.2. The SMILES string of the molecule is C[C@H]1[C@H]([Si](C)(C)O)[C@@H](CC(=O)N2CCC[C@H]2CO)O[C@H]1CCc1cccc(-n2ncc3ccccc3c2=O)c1. The zero-order valence-electron chi connectivity index (χ0n) is 23.0. The molecular formula is C30H39N3O5Si. The third-order valence-electron chi connectivity index (χ3n) is 8.57. The predicted octanol–water partition coefficient (Wildman–Crippen LogP) is 3.66. The Balaban J connectivity index is 1.30. The fourth-order valence-electron chi connectivity index (χ4n) is 6.68. The first-order valence-corrected chi connectivity index (χ1v) is 17.0. The molecule has 0 spiro atoms. The average molecular weight is 550 g/mol. The van der Waals surface area contributed by atoms with Crippen LogP contribution >= 0.6 is 0 Å². The van der Waals surface area contributed by atoms with Crippen LogP contribution in [0.5, 0.6) is 0 Å². The summed E-state index contributed by atoms with van der Waals surface area (Å²) in [5.74, 6) is 0.128. The number of benzene rings is 2. The Kier molecular flexibility index (Phi) is 8.05. The zero-order valence-corrected chi connectivity index (χ0v) is 24.0. The first-order valence-electron chi connectivity index (χ1n) is 14.0. The van der Waals surface area contributed by atoms with Gasteiger partial charge in [0.05, 0.1) is 48.5 Å². The highest BCUT2D eigenvalue weighted by Crippen LogP contribution is 2.45. The standard InChI is InChI=1S/C30H39N3O5Si/c1-20-26(38-27(29(20)39(2,3)37)17-28(35)32-15-7-11-24(32)19-34)14-13-21-8-6-10-23(16-21)33-30(36)25-12-5-4-9-22(25)18-31-33/h4-6,8-10,12,16,18,20,24,26-27,29,34,37H,7,11,13-15,17,19H2,1-3H3/t20-,24+,26+,27-,29+/m1/s1. The zero-order chi connectivity index (χ0) is 27.7. The van der Waals surface area contributed by atoms with Crippen molar-refractivity contribution in [2.24, 2.45) is 5.92 Å². The Labute approximate surface area is 230 Å². The lowest BCUT2D eigenvalue weighted by Gasteiger charge is -2.31. The Bertz CT molecular complexity index is 1390. The normalized spacial score (nSPS) is 25.5. The number of amides is 1. The maximum Gasteiger partial charge on any atom is 0.279 e. The molecule has 8 nitrogen and oxygen atoms in total. The van der Waals surface area contributed by atoms with E-state index in [1.54, 1.807) is 11.1 Å². The van der Waals surface area contributed by atoms with E-state index >= 15 is 0 Å². The number of hydrogen-bond donors (Lipinski definition) is 2. The lowest BCUT2D eigenvalue weighted by molar-refractivity contribution is -0.135. The van der Waals surface area contributed by atoms with Gasteiger partial charge in [-0.25, -0.2) is 0 Å². The van der Waals surface area contributed by atoms with Gasteiger partial charge in [0.1, 0.15) is 0 Å². The van der Waals surface area contributed by atoms with Gasteiger partial charge >= 0.3 is 0 Å². The van der Waals surface area contributed by atoms with Crippen molar-refractivity contribution in [2.45, 2.75) is 75.9 Å². The Morgan fingerprint density at radius 3 is 2.72 bits per heavy atom. The summed E-state index contributed by atoms with van der Waals surface area (Å²) in [4.78, 5) is 39.2. The number of fused-ring (bicyclic) bond motifs is 1. The molecule has 3 heterocycles. The van der Waals surface area contributed by atoms with Crippen LogP contribution in [0, 0.1) is 5.92 Å². The van der Waals surface area contributed by atoms with Gasteiger partial charge in [-0.3, -0.25) is 9.59 Å². The smallest absolute Gasteiger partial charge is 0.279 e. The third kappa shape index (κ3) is 5.72. The van der Waals surface area contributed by atoms with Gasteiger partial charge in [-0.05, 0) is 68.5 Å². The van der Waals surface area contributed by atoms with Crippen LogP contribution in [0.1, 0.15) is 38.2 Å². The molecule has 2 aliphatic heterocycles. The summed E-state index contributed by atoms with van der Waals surface area (Å²) in [7, 11) is -2.61. The minimum Gasteiger partial charge on any atom is -0.432 e. The van der Waals surface area contributed by atoms with E-state index in [9.17, 15) is 19.5 Å². The number of carbonyl (C=O) groups excluding carboxylic acids is 1. The van der Waals surface area contributed by atoms with Crippen LogP contribution < -0.4 is 5.56 Å². The number of aliphatic hydroxyl groups excluding tert-OH is 1. The molecule has 1 amide bonds. The summed E-state index contributed by atoms with van der Waals surface area (Å²) < 4.78 is 7.95. The van der Waals surface area contributed by atoms with Crippen LogP contribution in [0.15, 0.2) is 59.5 Å². The molecule has 208 valence electrons. The maximum atomic E-state index is 13.2.